The summed E-state index contributed by atoms with van der Waals surface area (Å²) in [6, 6.07) is 12.3. The third-order valence-electron chi connectivity index (χ3n) is 4.73. The largest absolute Gasteiger partial charge is 0.361 e. The third kappa shape index (κ3) is 6.47. The van der Waals surface area contributed by atoms with Gasteiger partial charge in [-0.2, -0.15) is 0 Å². The molecule has 0 bridgehead atoms. The van der Waals surface area contributed by atoms with E-state index in [9.17, 15) is 9.18 Å². The zero-order chi connectivity index (χ0) is 22.2. The molecule has 31 heavy (non-hydrogen) atoms. The zero-order valence-electron chi connectivity index (χ0n) is 18.1. The molecule has 0 saturated heterocycles. The fourth-order valence-electron chi connectivity index (χ4n) is 3.21. The van der Waals surface area contributed by atoms with Crippen molar-refractivity contribution in [3.05, 3.63) is 65.6 Å². The average Bonchev–Trinajstić information content (AvgIpc) is 3.13. The van der Waals surface area contributed by atoms with E-state index in [1.165, 1.54) is 6.07 Å². The Morgan fingerprint density at radius 3 is 2.61 bits per heavy atom. The fraction of sp³-hybridized carbons (Fsp3) is 0.304. The molecule has 0 fully saturated rings. The molecule has 5 N–H and O–H groups in total. The van der Waals surface area contributed by atoms with E-state index >= 15 is 0 Å². The van der Waals surface area contributed by atoms with Gasteiger partial charge < -0.3 is 26.3 Å². The van der Waals surface area contributed by atoms with Gasteiger partial charge in [-0.3, -0.25) is 4.99 Å². The second-order valence-electron chi connectivity index (χ2n) is 7.56. The summed E-state index contributed by atoms with van der Waals surface area (Å²) in [5.74, 6) is 0.449. The van der Waals surface area contributed by atoms with Gasteiger partial charge in [-0.1, -0.05) is 12.1 Å². The van der Waals surface area contributed by atoms with Crippen LogP contribution in [0.2, 0.25) is 0 Å². The lowest BCUT2D eigenvalue weighted by molar-refractivity contribution is 0.250. The van der Waals surface area contributed by atoms with E-state index in [4.69, 9.17) is 0 Å². The molecule has 1 aromatic heterocycles. The van der Waals surface area contributed by atoms with Crippen LogP contribution < -0.4 is 21.3 Å². The van der Waals surface area contributed by atoms with Crippen molar-refractivity contribution in [2.75, 3.05) is 18.9 Å². The average molecular weight is 425 g/mol. The van der Waals surface area contributed by atoms with E-state index in [1.807, 2.05) is 44.3 Å². The van der Waals surface area contributed by atoms with Crippen molar-refractivity contribution in [2.24, 2.45) is 4.99 Å². The lowest BCUT2D eigenvalue weighted by Crippen LogP contribution is -2.37. The monoisotopic (exact) mass is 424 g/mol. The number of hydrogen-bond donors (Lipinski definition) is 5. The third-order valence-corrected chi connectivity index (χ3v) is 4.73. The molecule has 0 aliphatic rings. The van der Waals surface area contributed by atoms with Gasteiger partial charge >= 0.3 is 6.03 Å². The standard InChI is InChI=1S/C23H29FN6O/c1-15(2)29-23(31)30-19-7-4-16(5-8-19)13-28-22(25-3)26-11-10-17-14-27-21-9-6-18(24)12-20(17)21/h4-9,12,14-15,27H,10-11,13H2,1-3H3,(H2,25,26,28)(H2,29,30,31). The molecule has 2 amide bonds. The van der Waals surface area contributed by atoms with E-state index in [1.54, 1.807) is 19.2 Å². The summed E-state index contributed by atoms with van der Waals surface area (Å²) in [7, 11) is 1.72. The van der Waals surface area contributed by atoms with E-state index < -0.39 is 0 Å². The van der Waals surface area contributed by atoms with Crippen molar-refractivity contribution in [1.29, 1.82) is 0 Å². The van der Waals surface area contributed by atoms with Crippen LogP contribution in [0.1, 0.15) is 25.0 Å². The summed E-state index contributed by atoms with van der Waals surface area (Å²) in [4.78, 5) is 19.2. The number of H-pyrrole nitrogens is 1. The lowest BCUT2D eigenvalue weighted by atomic mass is 10.1. The number of benzene rings is 2. The second kappa shape index (κ2) is 10.5. The van der Waals surface area contributed by atoms with Crippen molar-refractivity contribution in [3.63, 3.8) is 0 Å². The van der Waals surface area contributed by atoms with Gasteiger partial charge in [0.15, 0.2) is 5.96 Å². The topological polar surface area (TPSA) is 93.3 Å². The van der Waals surface area contributed by atoms with Crippen LogP contribution in [-0.4, -0.2) is 36.6 Å². The Kier molecular flexibility index (Phi) is 7.48. The number of aliphatic imine (C=N–C) groups is 1. The molecule has 164 valence electrons. The van der Waals surface area contributed by atoms with Crippen LogP contribution >= 0.6 is 0 Å². The number of aromatic amines is 1. The Morgan fingerprint density at radius 2 is 1.90 bits per heavy atom. The van der Waals surface area contributed by atoms with E-state index in [2.05, 4.69) is 31.2 Å². The van der Waals surface area contributed by atoms with Crippen LogP contribution in [0.5, 0.6) is 0 Å². The Balaban J connectivity index is 1.46. The fourth-order valence-corrected chi connectivity index (χ4v) is 3.21. The minimum atomic E-state index is -0.236. The number of nitrogens with one attached hydrogen (secondary N) is 5. The van der Waals surface area contributed by atoms with Crippen LogP contribution in [0, 0.1) is 5.82 Å². The number of guanidine groups is 1. The van der Waals surface area contributed by atoms with E-state index in [0.29, 0.717) is 19.0 Å². The molecule has 8 heteroatoms. The number of aromatic nitrogens is 1. The number of hydrogen-bond acceptors (Lipinski definition) is 2. The van der Waals surface area contributed by atoms with Crippen LogP contribution in [0.3, 0.4) is 0 Å². The van der Waals surface area contributed by atoms with Crippen molar-refractivity contribution in [1.82, 2.24) is 20.9 Å². The van der Waals surface area contributed by atoms with Crippen LogP contribution in [0.4, 0.5) is 14.9 Å². The van der Waals surface area contributed by atoms with Crippen molar-refractivity contribution < 1.29 is 9.18 Å². The van der Waals surface area contributed by atoms with Crippen molar-refractivity contribution in [2.45, 2.75) is 32.9 Å². The smallest absolute Gasteiger partial charge is 0.319 e. The molecule has 0 aliphatic carbocycles. The maximum Gasteiger partial charge on any atom is 0.319 e. The van der Waals surface area contributed by atoms with Gasteiger partial charge in [0.25, 0.3) is 0 Å². The molecule has 3 rings (SSSR count). The molecule has 7 nitrogen and oxygen atoms in total. The number of carbonyl (C=O) groups is 1. The summed E-state index contributed by atoms with van der Waals surface area (Å²) in [6.45, 7) is 5.08. The first-order valence-electron chi connectivity index (χ1n) is 10.3. The molecule has 3 aromatic rings. The lowest BCUT2D eigenvalue weighted by Gasteiger charge is -2.13. The highest BCUT2D eigenvalue weighted by Crippen LogP contribution is 2.19. The van der Waals surface area contributed by atoms with Crippen LogP contribution in [0.15, 0.2) is 53.7 Å². The summed E-state index contributed by atoms with van der Waals surface area (Å²) in [5.41, 5.74) is 3.78. The van der Waals surface area contributed by atoms with E-state index in [0.717, 1.165) is 34.1 Å². The number of urea groups is 1. The number of halogens is 1. The summed E-state index contributed by atoms with van der Waals surface area (Å²) in [5, 5.41) is 13.0. The maximum atomic E-state index is 13.5. The Labute approximate surface area is 181 Å². The molecular weight excluding hydrogens is 395 g/mol. The number of rotatable bonds is 7. The predicted molar refractivity (Wildman–Crippen MR) is 124 cm³/mol. The van der Waals surface area contributed by atoms with Gasteiger partial charge in [-0.25, -0.2) is 9.18 Å². The molecule has 0 spiro atoms. The molecule has 2 aromatic carbocycles. The second-order valence-corrected chi connectivity index (χ2v) is 7.56. The molecule has 0 saturated carbocycles. The zero-order valence-corrected chi connectivity index (χ0v) is 18.1. The highest BCUT2D eigenvalue weighted by atomic mass is 19.1. The Morgan fingerprint density at radius 1 is 1.13 bits per heavy atom. The van der Waals surface area contributed by atoms with Crippen molar-refractivity contribution >= 4 is 28.6 Å². The van der Waals surface area contributed by atoms with Gasteiger partial charge in [-0.05, 0) is 61.7 Å². The number of fused-ring (bicyclic) bond motifs is 1. The number of carbonyl (C=O) groups excluding carboxylic acids is 1. The van der Waals surface area contributed by atoms with Gasteiger partial charge in [0.05, 0.1) is 0 Å². The van der Waals surface area contributed by atoms with E-state index in [-0.39, 0.29) is 17.9 Å². The number of nitrogens with zero attached hydrogens (tertiary/aromatic N) is 1. The summed E-state index contributed by atoms with van der Waals surface area (Å²) in [6.07, 6.45) is 2.65. The normalized spacial score (nSPS) is 11.6. The molecule has 0 radical (unpaired) electrons. The minimum absolute atomic E-state index is 0.0832. The highest BCUT2D eigenvalue weighted by molar-refractivity contribution is 5.89. The number of amides is 2. The molecule has 0 aliphatic heterocycles. The first kappa shape index (κ1) is 22.1. The number of anilines is 1. The first-order chi connectivity index (χ1) is 14.9. The van der Waals surface area contributed by atoms with Gasteiger partial charge in [0.1, 0.15) is 5.82 Å². The van der Waals surface area contributed by atoms with Crippen molar-refractivity contribution in [3.8, 4) is 0 Å². The predicted octanol–water partition coefficient (Wildman–Crippen LogP) is 3.74. The molecule has 0 unspecified atom stereocenters. The highest BCUT2D eigenvalue weighted by Gasteiger charge is 2.06. The SMILES string of the molecule is CN=C(NCCc1c[nH]c2ccc(F)cc12)NCc1ccc(NC(=O)NC(C)C)cc1. The molecule has 0 atom stereocenters. The Bertz CT molecular complexity index is 1040. The quantitative estimate of drug-likeness (QED) is 0.295. The maximum absolute atomic E-state index is 13.5. The summed E-state index contributed by atoms with van der Waals surface area (Å²) >= 11 is 0. The minimum Gasteiger partial charge on any atom is -0.361 e. The van der Waals surface area contributed by atoms with Gasteiger partial charge in [0.2, 0.25) is 0 Å². The molecular formula is C23H29FN6O. The Hall–Kier alpha value is -3.55. The van der Waals surface area contributed by atoms with Gasteiger partial charge in [0, 0.05) is 49.0 Å². The van der Waals surface area contributed by atoms with Gasteiger partial charge in [-0.15, -0.1) is 0 Å². The summed E-state index contributed by atoms with van der Waals surface area (Å²) < 4.78 is 13.5. The first-order valence-corrected chi connectivity index (χ1v) is 10.3. The van der Waals surface area contributed by atoms with Crippen LogP contribution in [0.25, 0.3) is 10.9 Å². The van der Waals surface area contributed by atoms with Crippen LogP contribution in [-0.2, 0) is 13.0 Å². The molecule has 1 heterocycles.